The summed E-state index contributed by atoms with van der Waals surface area (Å²) in [6.45, 7) is 4.82. The molecule has 2 bridgehead atoms. The first-order valence-electron chi connectivity index (χ1n) is 15.4. The van der Waals surface area contributed by atoms with Gasteiger partial charge in [-0.1, -0.05) is 48.4 Å². The molecule has 0 radical (unpaired) electrons. The van der Waals surface area contributed by atoms with E-state index >= 15 is 4.39 Å². The topological polar surface area (TPSA) is 66.4 Å². The van der Waals surface area contributed by atoms with Crippen LogP contribution in [0.5, 0.6) is 6.01 Å². The molecule has 2 aromatic carbocycles. The minimum absolute atomic E-state index is 0.112. The molecule has 7 nitrogen and oxygen atoms in total. The number of pyridine rings is 1. The van der Waals surface area contributed by atoms with Gasteiger partial charge >= 0.3 is 6.01 Å². The van der Waals surface area contributed by atoms with Gasteiger partial charge in [0.15, 0.2) is 5.82 Å². The van der Waals surface area contributed by atoms with E-state index in [9.17, 15) is 4.39 Å². The van der Waals surface area contributed by atoms with Crippen molar-refractivity contribution in [1.82, 2.24) is 25.2 Å². The molecule has 1 N–H and O–H groups in total. The van der Waals surface area contributed by atoms with E-state index in [0.29, 0.717) is 47.5 Å². The van der Waals surface area contributed by atoms with Gasteiger partial charge in [-0.15, -0.1) is 0 Å². The SMILES string of the molecule is CC#Cc1nc(-c2cccc3ccccc23)c(F)c2nc(OC[C@@]34CCCN3C[C@H](F)C4)nc(N3CC4CCC(C3)N4)c12. The van der Waals surface area contributed by atoms with Crippen LogP contribution in [0.3, 0.4) is 0 Å². The Kier molecular flexibility index (Phi) is 6.46. The average Bonchev–Trinajstić information content (AvgIpc) is 3.67. The summed E-state index contributed by atoms with van der Waals surface area (Å²) < 4.78 is 37.7. The number of benzene rings is 2. The lowest BCUT2D eigenvalue weighted by atomic mass is 9.95. The predicted octanol–water partition coefficient (Wildman–Crippen LogP) is 5.25. The molecule has 0 amide bonds. The number of halogens is 2. The number of rotatable bonds is 5. The Labute approximate surface area is 249 Å². The molecule has 43 heavy (non-hydrogen) atoms. The van der Waals surface area contributed by atoms with Crippen LogP contribution in [-0.2, 0) is 0 Å². The molecule has 2 aromatic heterocycles. The normalized spacial score (nSPS) is 26.6. The Morgan fingerprint density at radius 2 is 1.86 bits per heavy atom. The highest BCUT2D eigenvalue weighted by molar-refractivity contribution is 6.01. The summed E-state index contributed by atoms with van der Waals surface area (Å²) in [5.41, 5.74) is 1.12. The van der Waals surface area contributed by atoms with Crippen LogP contribution in [-0.4, -0.2) is 76.4 Å². The van der Waals surface area contributed by atoms with Gasteiger partial charge in [-0.25, -0.2) is 13.8 Å². The molecule has 0 saturated carbocycles. The summed E-state index contributed by atoms with van der Waals surface area (Å²) in [6.07, 6.45) is 3.64. The molecular formula is C34H34F2N6O. The molecule has 2 unspecified atom stereocenters. The largest absolute Gasteiger partial charge is 0.461 e. The first-order valence-corrected chi connectivity index (χ1v) is 15.4. The molecule has 220 valence electrons. The zero-order valence-corrected chi connectivity index (χ0v) is 24.2. The highest BCUT2D eigenvalue weighted by Gasteiger charge is 2.49. The van der Waals surface area contributed by atoms with Crippen LogP contribution < -0.4 is 15.0 Å². The van der Waals surface area contributed by atoms with Crippen LogP contribution in [0.1, 0.15) is 44.7 Å². The van der Waals surface area contributed by atoms with Crippen molar-refractivity contribution in [3.05, 3.63) is 54.0 Å². The first-order chi connectivity index (χ1) is 21.0. The average molecular weight is 581 g/mol. The van der Waals surface area contributed by atoms with E-state index in [1.165, 1.54) is 0 Å². The van der Waals surface area contributed by atoms with Gasteiger partial charge in [-0.3, -0.25) is 4.90 Å². The molecule has 4 aromatic rings. The molecule has 9 heteroatoms. The number of hydrogen-bond donors (Lipinski definition) is 1. The summed E-state index contributed by atoms with van der Waals surface area (Å²) in [7, 11) is 0. The third kappa shape index (κ3) is 4.50. The summed E-state index contributed by atoms with van der Waals surface area (Å²) in [5.74, 6) is 6.20. The number of hydrogen-bond acceptors (Lipinski definition) is 7. The molecule has 4 aliphatic heterocycles. The monoisotopic (exact) mass is 580 g/mol. The fourth-order valence-electron chi connectivity index (χ4n) is 7.86. The molecule has 8 rings (SSSR count). The lowest BCUT2D eigenvalue weighted by molar-refractivity contribution is 0.107. The maximum atomic E-state index is 16.9. The molecule has 0 spiro atoms. The van der Waals surface area contributed by atoms with Crippen molar-refractivity contribution in [2.75, 3.05) is 37.7 Å². The molecule has 0 aliphatic carbocycles. The standard InChI is InChI=1S/C34H34F2N6O/c1-2-7-27-28-31(29(36)30(38-27)26-11-5-9-21-8-3-4-10-25(21)26)39-33(40-32(28)41-18-23-12-13-24(19-41)37-23)43-20-34-14-6-15-42(34)17-22(35)16-34/h3-5,8-11,22-24,37H,6,12-20H2,1H3/t22-,23?,24?,34+/m1/s1. The molecule has 4 saturated heterocycles. The van der Waals surface area contributed by atoms with Gasteiger partial charge < -0.3 is 15.0 Å². The number of alkyl halides is 1. The minimum atomic E-state index is -0.866. The van der Waals surface area contributed by atoms with Crippen LogP contribution >= 0.6 is 0 Å². The van der Waals surface area contributed by atoms with E-state index in [1.54, 1.807) is 6.92 Å². The van der Waals surface area contributed by atoms with E-state index in [4.69, 9.17) is 19.7 Å². The van der Waals surface area contributed by atoms with Crippen molar-refractivity contribution < 1.29 is 13.5 Å². The van der Waals surface area contributed by atoms with E-state index in [1.807, 2.05) is 42.5 Å². The molecule has 4 fully saturated rings. The third-order valence-corrected chi connectivity index (χ3v) is 9.78. The number of aromatic nitrogens is 3. The van der Waals surface area contributed by atoms with Crippen LogP contribution in [0.15, 0.2) is 42.5 Å². The maximum absolute atomic E-state index is 16.9. The van der Waals surface area contributed by atoms with Crippen molar-refractivity contribution in [2.24, 2.45) is 0 Å². The lowest BCUT2D eigenvalue weighted by Crippen LogP contribution is -2.51. The van der Waals surface area contributed by atoms with Gasteiger partial charge in [0.1, 0.15) is 35.5 Å². The fourth-order valence-corrected chi connectivity index (χ4v) is 7.86. The second kappa shape index (κ2) is 10.4. The van der Waals surface area contributed by atoms with Crippen LogP contribution in [0.25, 0.3) is 32.9 Å². The van der Waals surface area contributed by atoms with Gasteiger partial charge in [-0.05, 0) is 55.8 Å². The van der Waals surface area contributed by atoms with Crippen molar-refractivity contribution in [1.29, 1.82) is 0 Å². The molecule has 4 atom stereocenters. The molecule has 4 aliphatic rings. The minimum Gasteiger partial charge on any atom is -0.461 e. The van der Waals surface area contributed by atoms with Crippen LogP contribution in [0.2, 0.25) is 0 Å². The quantitative estimate of drug-likeness (QED) is 0.324. The van der Waals surface area contributed by atoms with E-state index in [-0.39, 0.29) is 29.4 Å². The van der Waals surface area contributed by atoms with Crippen molar-refractivity contribution in [2.45, 2.75) is 62.8 Å². The summed E-state index contributed by atoms with van der Waals surface area (Å²) >= 11 is 0. The molecule has 6 heterocycles. The number of nitrogens with zero attached hydrogens (tertiary/aromatic N) is 5. The van der Waals surface area contributed by atoms with Gasteiger partial charge in [0.2, 0.25) is 0 Å². The van der Waals surface area contributed by atoms with Gasteiger partial charge in [-0.2, -0.15) is 9.97 Å². The van der Waals surface area contributed by atoms with E-state index < -0.39 is 12.0 Å². The van der Waals surface area contributed by atoms with Crippen LogP contribution in [0.4, 0.5) is 14.6 Å². The highest BCUT2D eigenvalue weighted by Crippen LogP contribution is 2.41. The predicted molar refractivity (Wildman–Crippen MR) is 163 cm³/mol. The number of anilines is 1. The third-order valence-electron chi connectivity index (χ3n) is 9.78. The van der Waals surface area contributed by atoms with Gasteiger partial charge in [0.05, 0.1) is 10.9 Å². The Morgan fingerprint density at radius 3 is 2.70 bits per heavy atom. The Bertz CT molecular complexity index is 1790. The van der Waals surface area contributed by atoms with Crippen molar-refractivity contribution in [3.63, 3.8) is 0 Å². The highest BCUT2D eigenvalue weighted by atomic mass is 19.1. The summed E-state index contributed by atoms with van der Waals surface area (Å²) in [5, 5.41) is 6.07. The second-order valence-electron chi connectivity index (χ2n) is 12.5. The number of nitrogens with one attached hydrogen (secondary N) is 1. The zero-order valence-electron chi connectivity index (χ0n) is 24.2. The molecular weight excluding hydrogens is 546 g/mol. The summed E-state index contributed by atoms with van der Waals surface area (Å²) in [6, 6.07) is 14.5. The summed E-state index contributed by atoms with van der Waals surface area (Å²) in [4.78, 5) is 18.9. The maximum Gasteiger partial charge on any atom is 0.319 e. The smallest absolute Gasteiger partial charge is 0.319 e. The van der Waals surface area contributed by atoms with Gasteiger partial charge in [0.25, 0.3) is 0 Å². The van der Waals surface area contributed by atoms with Crippen molar-refractivity contribution in [3.8, 4) is 29.1 Å². The Hall–Kier alpha value is -3.87. The fraction of sp³-hybridized carbons (Fsp3) is 0.441. The van der Waals surface area contributed by atoms with E-state index in [0.717, 1.165) is 56.1 Å². The number of fused-ring (bicyclic) bond motifs is 5. The lowest BCUT2D eigenvalue weighted by Gasteiger charge is -2.35. The Morgan fingerprint density at radius 1 is 1.05 bits per heavy atom. The second-order valence-corrected chi connectivity index (χ2v) is 12.5. The number of piperazine rings is 1. The van der Waals surface area contributed by atoms with Gasteiger partial charge in [0, 0.05) is 43.7 Å². The van der Waals surface area contributed by atoms with Crippen LogP contribution in [0, 0.1) is 17.7 Å². The first kappa shape index (κ1) is 26.7. The number of ether oxygens (including phenoxy) is 1. The van der Waals surface area contributed by atoms with Crippen molar-refractivity contribution >= 4 is 27.5 Å². The van der Waals surface area contributed by atoms with E-state index in [2.05, 4.69) is 27.0 Å². The Balaban J connectivity index is 1.30. The zero-order chi connectivity index (χ0) is 29.1.